The van der Waals surface area contributed by atoms with Crippen LogP contribution in [0.5, 0.6) is 0 Å². The van der Waals surface area contributed by atoms with Gasteiger partial charge in [0.05, 0.1) is 16.9 Å². The molecule has 1 fully saturated rings. The summed E-state index contributed by atoms with van der Waals surface area (Å²) in [5.74, 6) is -0.887. The summed E-state index contributed by atoms with van der Waals surface area (Å²) in [6.07, 6.45) is -1.26. The maximum absolute atomic E-state index is 12.4. The Morgan fingerprint density at radius 2 is 2.29 bits per heavy atom. The van der Waals surface area contributed by atoms with Crippen LogP contribution in [0.2, 0.25) is 5.02 Å². The monoisotopic (exact) mass is 360 g/mol. The topological polar surface area (TPSA) is 61.0 Å². The van der Waals surface area contributed by atoms with Gasteiger partial charge in [-0.1, -0.05) is 11.6 Å². The number of nitrogens with one attached hydrogen (secondary N) is 2. The van der Waals surface area contributed by atoms with Gasteiger partial charge >= 0.3 is 6.18 Å². The maximum Gasteiger partial charge on any atom is 0.397 e. The SMILES string of the molecule is O=C(CC(F)(F)F)N1CCCC(Nc2c(Cl)cnc3[nH]ccc23)C1. The second kappa shape index (κ2) is 6.51. The number of carbonyl (C=O) groups is 1. The Bertz CT molecular complexity index is 746. The van der Waals surface area contributed by atoms with Gasteiger partial charge in [0.25, 0.3) is 0 Å². The molecule has 0 aromatic carbocycles. The van der Waals surface area contributed by atoms with Crippen LogP contribution in [0.1, 0.15) is 19.3 Å². The fraction of sp³-hybridized carbons (Fsp3) is 0.467. The van der Waals surface area contributed by atoms with Crippen molar-refractivity contribution in [3.8, 4) is 0 Å². The summed E-state index contributed by atoms with van der Waals surface area (Å²) < 4.78 is 37.2. The molecule has 0 radical (unpaired) electrons. The number of carbonyl (C=O) groups excluding carboxylic acids is 1. The Morgan fingerprint density at radius 1 is 1.50 bits per heavy atom. The van der Waals surface area contributed by atoms with E-state index in [0.717, 1.165) is 11.8 Å². The number of aromatic nitrogens is 2. The number of fused-ring (bicyclic) bond motifs is 1. The summed E-state index contributed by atoms with van der Waals surface area (Å²) in [7, 11) is 0. The molecular weight excluding hydrogens is 345 g/mol. The highest BCUT2D eigenvalue weighted by atomic mass is 35.5. The molecule has 2 aromatic heterocycles. The maximum atomic E-state index is 12.4. The van der Waals surface area contributed by atoms with Crippen LogP contribution in [0.15, 0.2) is 18.5 Å². The van der Waals surface area contributed by atoms with E-state index in [1.807, 2.05) is 6.07 Å². The highest BCUT2D eigenvalue weighted by Gasteiger charge is 2.35. The largest absolute Gasteiger partial charge is 0.397 e. The van der Waals surface area contributed by atoms with Gasteiger partial charge in [-0.2, -0.15) is 13.2 Å². The molecule has 1 saturated heterocycles. The molecule has 24 heavy (non-hydrogen) atoms. The van der Waals surface area contributed by atoms with E-state index in [2.05, 4.69) is 15.3 Å². The van der Waals surface area contributed by atoms with Crippen LogP contribution in [0.3, 0.4) is 0 Å². The summed E-state index contributed by atoms with van der Waals surface area (Å²) >= 11 is 6.20. The summed E-state index contributed by atoms with van der Waals surface area (Å²) in [6.45, 7) is 0.566. The van der Waals surface area contributed by atoms with E-state index >= 15 is 0 Å². The van der Waals surface area contributed by atoms with Crippen molar-refractivity contribution in [2.75, 3.05) is 18.4 Å². The lowest BCUT2D eigenvalue weighted by Crippen LogP contribution is -2.46. The smallest absolute Gasteiger partial charge is 0.379 e. The average molecular weight is 361 g/mol. The van der Waals surface area contributed by atoms with Crippen molar-refractivity contribution >= 4 is 34.2 Å². The third kappa shape index (κ3) is 3.75. The van der Waals surface area contributed by atoms with E-state index in [1.54, 1.807) is 6.20 Å². The van der Waals surface area contributed by atoms with Gasteiger partial charge in [0, 0.05) is 30.7 Å². The molecule has 3 heterocycles. The zero-order chi connectivity index (χ0) is 17.3. The molecule has 0 spiro atoms. The average Bonchev–Trinajstić information content (AvgIpc) is 2.97. The fourth-order valence-corrected chi connectivity index (χ4v) is 3.14. The first-order valence-electron chi connectivity index (χ1n) is 7.56. The third-order valence-electron chi connectivity index (χ3n) is 4.01. The van der Waals surface area contributed by atoms with Crippen LogP contribution in [0.4, 0.5) is 18.9 Å². The number of likely N-dealkylation sites (tertiary alicyclic amines) is 1. The summed E-state index contributed by atoms with van der Waals surface area (Å²) in [4.78, 5) is 20.2. The van der Waals surface area contributed by atoms with E-state index in [0.29, 0.717) is 29.3 Å². The lowest BCUT2D eigenvalue weighted by Gasteiger charge is -2.34. The molecule has 3 rings (SSSR count). The van der Waals surface area contributed by atoms with Crippen LogP contribution in [-0.2, 0) is 4.79 Å². The third-order valence-corrected chi connectivity index (χ3v) is 4.30. The molecule has 2 N–H and O–H groups in total. The first kappa shape index (κ1) is 16.9. The standard InChI is InChI=1S/C15H16ClF3N4O/c16-11-7-21-14-10(3-4-20-14)13(11)22-9-2-1-5-23(8-9)12(24)6-15(17,18)19/h3-4,7,9H,1-2,5-6,8H2,(H2,20,21,22). The van der Waals surface area contributed by atoms with Crippen molar-refractivity contribution in [2.24, 2.45) is 0 Å². The Kier molecular flexibility index (Phi) is 4.58. The first-order valence-corrected chi connectivity index (χ1v) is 7.94. The number of H-pyrrole nitrogens is 1. The van der Waals surface area contributed by atoms with Crippen LogP contribution in [-0.4, -0.2) is 46.1 Å². The van der Waals surface area contributed by atoms with Gasteiger partial charge in [0.15, 0.2) is 0 Å². The fourth-order valence-electron chi connectivity index (χ4n) is 2.94. The van der Waals surface area contributed by atoms with E-state index in [-0.39, 0.29) is 12.6 Å². The Morgan fingerprint density at radius 3 is 3.04 bits per heavy atom. The van der Waals surface area contributed by atoms with Crippen molar-refractivity contribution in [3.63, 3.8) is 0 Å². The van der Waals surface area contributed by atoms with Gasteiger partial charge in [-0.3, -0.25) is 4.79 Å². The zero-order valence-electron chi connectivity index (χ0n) is 12.7. The number of nitrogens with zero attached hydrogens (tertiary/aromatic N) is 2. The second-order valence-corrected chi connectivity index (χ2v) is 6.24. The van der Waals surface area contributed by atoms with E-state index < -0.39 is 18.5 Å². The number of pyridine rings is 1. The van der Waals surface area contributed by atoms with E-state index in [9.17, 15) is 18.0 Å². The Hall–Kier alpha value is -1.96. The normalized spacial score (nSPS) is 18.8. The number of hydrogen-bond donors (Lipinski definition) is 2. The minimum absolute atomic E-state index is 0.158. The highest BCUT2D eigenvalue weighted by molar-refractivity contribution is 6.34. The Labute approximate surface area is 141 Å². The lowest BCUT2D eigenvalue weighted by atomic mass is 10.0. The number of rotatable bonds is 3. The second-order valence-electron chi connectivity index (χ2n) is 5.84. The van der Waals surface area contributed by atoms with Gasteiger partial charge < -0.3 is 15.2 Å². The van der Waals surface area contributed by atoms with Gasteiger partial charge in [0.2, 0.25) is 5.91 Å². The molecule has 0 bridgehead atoms. The van der Waals surface area contributed by atoms with E-state index in [4.69, 9.17) is 11.6 Å². The van der Waals surface area contributed by atoms with Gasteiger partial charge in [-0.15, -0.1) is 0 Å². The van der Waals surface area contributed by atoms with Crippen LogP contribution >= 0.6 is 11.6 Å². The molecule has 2 aromatic rings. The van der Waals surface area contributed by atoms with Gasteiger partial charge in [0.1, 0.15) is 12.1 Å². The van der Waals surface area contributed by atoms with Crippen molar-refractivity contribution in [1.82, 2.24) is 14.9 Å². The van der Waals surface area contributed by atoms with Crippen molar-refractivity contribution in [2.45, 2.75) is 31.5 Å². The summed E-state index contributed by atoms with van der Waals surface area (Å²) in [5.41, 5.74) is 1.35. The molecule has 1 unspecified atom stereocenters. The molecule has 1 aliphatic heterocycles. The predicted molar refractivity (Wildman–Crippen MR) is 85.0 cm³/mol. The number of amides is 1. The quantitative estimate of drug-likeness (QED) is 0.879. The molecule has 5 nitrogen and oxygen atoms in total. The van der Waals surface area contributed by atoms with Crippen LogP contribution in [0, 0.1) is 0 Å². The molecule has 1 aliphatic rings. The van der Waals surface area contributed by atoms with Crippen LogP contribution in [0.25, 0.3) is 11.0 Å². The Balaban J connectivity index is 1.72. The van der Waals surface area contributed by atoms with Crippen molar-refractivity contribution in [1.29, 1.82) is 0 Å². The van der Waals surface area contributed by atoms with E-state index in [1.165, 1.54) is 11.1 Å². The van der Waals surface area contributed by atoms with Crippen molar-refractivity contribution < 1.29 is 18.0 Å². The van der Waals surface area contributed by atoms with Gasteiger partial charge in [-0.25, -0.2) is 4.98 Å². The molecule has 0 saturated carbocycles. The first-order chi connectivity index (χ1) is 11.3. The zero-order valence-corrected chi connectivity index (χ0v) is 13.4. The minimum atomic E-state index is -4.48. The number of aromatic amines is 1. The molecule has 1 amide bonds. The lowest BCUT2D eigenvalue weighted by molar-refractivity contribution is -0.162. The number of alkyl halides is 3. The molecular formula is C15H16ClF3N4O. The highest BCUT2D eigenvalue weighted by Crippen LogP contribution is 2.31. The van der Waals surface area contributed by atoms with Crippen LogP contribution < -0.4 is 5.32 Å². The number of hydrogen-bond acceptors (Lipinski definition) is 3. The summed E-state index contributed by atoms with van der Waals surface area (Å²) in [5, 5.41) is 4.50. The minimum Gasteiger partial charge on any atom is -0.379 e. The molecule has 1 atom stereocenters. The number of piperidine rings is 1. The van der Waals surface area contributed by atoms with Crippen molar-refractivity contribution in [3.05, 3.63) is 23.5 Å². The predicted octanol–water partition coefficient (Wildman–Crippen LogP) is 3.57. The number of anilines is 1. The molecule has 130 valence electrons. The molecule has 0 aliphatic carbocycles. The summed E-state index contributed by atoms with van der Waals surface area (Å²) in [6, 6.07) is 1.67. The van der Waals surface area contributed by atoms with Gasteiger partial charge in [-0.05, 0) is 18.9 Å². The number of halogens is 4. The molecule has 9 heteroatoms.